The molecule has 0 bridgehead atoms. The van der Waals surface area contributed by atoms with Crippen LogP contribution in [0.2, 0.25) is 0 Å². The van der Waals surface area contributed by atoms with E-state index in [9.17, 15) is 8.78 Å². The first-order chi connectivity index (χ1) is 9.08. The van der Waals surface area contributed by atoms with Crippen LogP contribution in [-0.4, -0.2) is 6.54 Å². The fourth-order valence-corrected chi connectivity index (χ4v) is 1.94. The SMILES string of the molecule is Cc1cccc(CCNc2c(N)ccc(F)c2F)c1. The molecule has 2 rings (SSSR count). The Balaban J connectivity index is 2.02. The molecule has 0 saturated heterocycles. The van der Waals surface area contributed by atoms with Crippen LogP contribution in [0.4, 0.5) is 20.2 Å². The highest BCUT2D eigenvalue weighted by atomic mass is 19.2. The lowest BCUT2D eigenvalue weighted by molar-refractivity contribution is 0.511. The van der Waals surface area contributed by atoms with Gasteiger partial charge in [-0.3, -0.25) is 0 Å². The predicted molar refractivity (Wildman–Crippen MR) is 74.1 cm³/mol. The quantitative estimate of drug-likeness (QED) is 0.827. The number of benzene rings is 2. The summed E-state index contributed by atoms with van der Waals surface area (Å²) in [7, 11) is 0. The van der Waals surface area contributed by atoms with Crippen molar-refractivity contribution in [3.63, 3.8) is 0 Å². The summed E-state index contributed by atoms with van der Waals surface area (Å²) in [5, 5.41) is 2.85. The number of hydrogen-bond donors (Lipinski definition) is 2. The summed E-state index contributed by atoms with van der Waals surface area (Å²) < 4.78 is 26.6. The molecule has 0 fully saturated rings. The third-order valence-electron chi connectivity index (χ3n) is 2.93. The predicted octanol–water partition coefficient (Wildman–Crippen LogP) is 3.51. The Morgan fingerprint density at radius 2 is 1.95 bits per heavy atom. The van der Waals surface area contributed by atoms with Crippen LogP contribution in [-0.2, 0) is 6.42 Å². The van der Waals surface area contributed by atoms with Crippen molar-refractivity contribution < 1.29 is 8.78 Å². The third kappa shape index (κ3) is 3.22. The first kappa shape index (κ1) is 13.3. The standard InChI is InChI=1S/C15H16F2N2/c1-10-3-2-4-11(9-10)7-8-19-15-13(18)6-5-12(16)14(15)17/h2-6,9,19H,7-8,18H2,1H3. The Labute approximate surface area is 111 Å². The normalized spacial score (nSPS) is 10.5. The highest BCUT2D eigenvalue weighted by Crippen LogP contribution is 2.24. The molecule has 0 aliphatic heterocycles. The van der Waals surface area contributed by atoms with Crippen LogP contribution in [0.25, 0.3) is 0 Å². The largest absolute Gasteiger partial charge is 0.397 e. The van der Waals surface area contributed by atoms with E-state index in [1.54, 1.807) is 0 Å². The van der Waals surface area contributed by atoms with Gasteiger partial charge in [-0.1, -0.05) is 29.8 Å². The molecule has 4 heteroatoms. The van der Waals surface area contributed by atoms with Crippen LogP contribution < -0.4 is 11.1 Å². The maximum atomic E-state index is 13.5. The van der Waals surface area contributed by atoms with Crippen molar-refractivity contribution in [2.24, 2.45) is 0 Å². The molecule has 2 aromatic carbocycles. The molecule has 3 N–H and O–H groups in total. The molecule has 100 valence electrons. The summed E-state index contributed by atoms with van der Waals surface area (Å²) >= 11 is 0. The summed E-state index contributed by atoms with van der Waals surface area (Å²) in [5.41, 5.74) is 8.19. The Kier molecular flexibility index (Phi) is 4.00. The molecule has 0 atom stereocenters. The summed E-state index contributed by atoms with van der Waals surface area (Å²) in [4.78, 5) is 0. The molecule has 0 amide bonds. The van der Waals surface area contributed by atoms with Crippen LogP contribution in [0.1, 0.15) is 11.1 Å². The number of aryl methyl sites for hydroxylation is 1. The zero-order valence-electron chi connectivity index (χ0n) is 10.7. The van der Waals surface area contributed by atoms with Crippen molar-refractivity contribution in [3.05, 3.63) is 59.2 Å². The van der Waals surface area contributed by atoms with E-state index in [0.717, 1.165) is 18.1 Å². The van der Waals surface area contributed by atoms with Gasteiger partial charge in [0.05, 0.1) is 11.4 Å². The summed E-state index contributed by atoms with van der Waals surface area (Å²) in [6, 6.07) is 10.4. The molecule has 2 nitrogen and oxygen atoms in total. The van der Waals surface area contributed by atoms with Gasteiger partial charge in [-0.25, -0.2) is 8.78 Å². The van der Waals surface area contributed by atoms with E-state index in [2.05, 4.69) is 11.4 Å². The van der Waals surface area contributed by atoms with Gasteiger partial charge in [0.25, 0.3) is 0 Å². The van der Waals surface area contributed by atoms with Gasteiger partial charge in [0.15, 0.2) is 11.6 Å². The number of nitrogens with two attached hydrogens (primary N) is 1. The maximum absolute atomic E-state index is 13.5. The van der Waals surface area contributed by atoms with Crippen LogP contribution in [0.3, 0.4) is 0 Å². The van der Waals surface area contributed by atoms with Crippen molar-refractivity contribution in [2.75, 3.05) is 17.6 Å². The first-order valence-corrected chi connectivity index (χ1v) is 6.11. The number of halogens is 2. The minimum Gasteiger partial charge on any atom is -0.397 e. The number of nitrogen functional groups attached to an aromatic ring is 1. The average Bonchev–Trinajstić information content (AvgIpc) is 2.38. The highest BCUT2D eigenvalue weighted by Gasteiger charge is 2.10. The number of hydrogen-bond acceptors (Lipinski definition) is 2. The highest BCUT2D eigenvalue weighted by molar-refractivity contribution is 5.66. The van der Waals surface area contributed by atoms with Gasteiger partial charge in [-0.2, -0.15) is 0 Å². The Morgan fingerprint density at radius 1 is 1.16 bits per heavy atom. The molecule has 0 heterocycles. The van der Waals surface area contributed by atoms with Gasteiger partial charge in [-0.15, -0.1) is 0 Å². The van der Waals surface area contributed by atoms with Crippen molar-refractivity contribution in [2.45, 2.75) is 13.3 Å². The van der Waals surface area contributed by atoms with Gasteiger partial charge < -0.3 is 11.1 Å². The Morgan fingerprint density at radius 3 is 2.68 bits per heavy atom. The molecular weight excluding hydrogens is 246 g/mol. The zero-order valence-corrected chi connectivity index (χ0v) is 10.7. The van der Waals surface area contributed by atoms with Gasteiger partial charge in [0.1, 0.15) is 0 Å². The first-order valence-electron chi connectivity index (χ1n) is 6.11. The second kappa shape index (κ2) is 5.69. The molecule has 0 saturated carbocycles. The van der Waals surface area contributed by atoms with Crippen LogP contribution in [0.5, 0.6) is 0 Å². The number of rotatable bonds is 4. The maximum Gasteiger partial charge on any atom is 0.183 e. The average molecular weight is 262 g/mol. The second-order valence-electron chi connectivity index (χ2n) is 4.49. The van der Waals surface area contributed by atoms with Gasteiger partial charge in [-0.05, 0) is 31.0 Å². The van der Waals surface area contributed by atoms with Crippen LogP contribution in [0.15, 0.2) is 36.4 Å². The molecule has 0 unspecified atom stereocenters. The van der Waals surface area contributed by atoms with Crippen molar-refractivity contribution >= 4 is 11.4 Å². The van der Waals surface area contributed by atoms with E-state index in [1.165, 1.54) is 11.6 Å². The van der Waals surface area contributed by atoms with Gasteiger partial charge >= 0.3 is 0 Å². The lowest BCUT2D eigenvalue weighted by Crippen LogP contribution is -2.09. The molecule has 0 radical (unpaired) electrons. The Hall–Kier alpha value is -2.10. The molecule has 0 spiro atoms. The molecular formula is C15H16F2N2. The number of anilines is 2. The van der Waals surface area contributed by atoms with E-state index in [0.29, 0.717) is 6.54 Å². The third-order valence-corrected chi connectivity index (χ3v) is 2.93. The topological polar surface area (TPSA) is 38.0 Å². The lowest BCUT2D eigenvalue weighted by atomic mass is 10.1. The minimum atomic E-state index is -0.927. The molecule has 19 heavy (non-hydrogen) atoms. The minimum absolute atomic E-state index is 0.0349. The van der Waals surface area contributed by atoms with Crippen molar-refractivity contribution in [3.8, 4) is 0 Å². The van der Waals surface area contributed by atoms with Crippen molar-refractivity contribution in [1.29, 1.82) is 0 Å². The summed E-state index contributed by atoms with van der Waals surface area (Å²) in [6.07, 6.45) is 0.719. The van der Waals surface area contributed by atoms with Gasteiger partial charge in [0.2, 0.25) is 0 Å². The Bertz CT molecular complexity index is 582. The monoisotopic (exact) mass is 262 g/mol. The molecule has 0 aliphatic rings. The fraction of sp³-hybridized carbons (Fsp3) is 0.200. The van der Waals surface area contributed by atoms with E-state index in [1.807, 2.05) is 25.1 Å². The fourth-order valence-electron chi connectivity index (χ4n) is 1.94. The van der Waals surface area contributed by atoms with E-state index in [-0.39, 0.29) is 11.4 Å². The number of nitrogens with one attached hydrogen (secondary N) is 1. The van der Waals surface area contributed by atoms with Crippen LogP contribution >= 0.6 is 0 Å². The zero-order chi connectivity index (χ0) is 13.8. The van der Waals surface area contributed by atoms with Crippen LogP contribution in [0, 0.1) is 18.6 Å². The summed E-state index contributed by atoms with van der Waals surface area (Å²) in [5.74, 6) is -1.82. The van der Waals surface area contributed by atoms with E-state index < -0.39 is 11.6 Å². The van der Waals surface area contributed by atoms with Crippen molar-refractivity contribution in [1.82, 2.24) is 0 Å². The molecule has 0 aliphatic carbocycles. The van der Waals surface area contributed by atoms with E-state index in [4.69, 9.17) is 5.73 Å². The second-order valence-corrected chi connectivity index (χ2v) is 4.49. The summed E-state index contributed by atoms with van der Waals surface area (Å²) in [6.45, 7) is 2.51. The lowest BCUT2D eigenvalue weighted by Gasteiger charge is -2.11. The molecule has 0 aromatic heterocycles. The van der Waals surface area contributed by atoms with Gasteiger partial charge in [0, 0.05) is 6.54 Å². The smallest absolute Gasteiger partial charge is 0.183 e. The molecule has 2 aromatic rings. The van der Waals surface area contributed by atoms with E-state index >= 15 is 0 Å².